The van der Waals surface area contributed by atoms with Gasteiger partial charge >= 0.3 is 0 Å². The van der Waals surface area contributed by atoms with Crippen molar-refractivity contribution in [1.29, 1.82) is 0 Å². The van der Waals surface area contributed by atoms with E-state index in [2.05, 4.69) is 5.32 Å². The van der Waals surface area contributed by atoms with Crippen molar-refractivity contribution in [3.8, 4) is 0 Å². The fourth-order valence-corrected chi connectivity index (χ4v) is 1.37. The van der Waals surface area contributed by atoms with E-state index in [0.717, 1.165) is 0 Å². The minimum Gasteiger partial charge on any atom is -0.325 e. The van der Waals surface area contributed by atoms with E-state index in [0.29, 0.717) is 5.69 Å². The van der Waals surface area contributed by atoms with Crippen LogP contribution < -0.4 is 11.1 Å². The molecule has 0 spiro atoms. The second-order valence-corrected chi connectivity index (χ2v) is 5.37. The van der Waals surface area contributed by atoms with Crippen molar-refractivity contribution in [3.63, 3.8) is 0 Å². The fourth-order valence-electron chi connectivity index (χ4n) is 1.19. The van der Waals surface area contributed by atoms with E-state index < -0.39 is 11.9 Å². The second kappa shape index (κ2) is 5.02. The normalized spacial score (nSPS) is 13.3. The molecule has 1 amide bonds. The first-order valence-electron chi connectivity index (χ1n) is 5.23. The number of hydrogen-bond donors (Lipinski definition) is 2. The molecule has 0 aromatic heterocycles. The first-order chi connectivity index (χ1) is 7.71. The van der Waals surface area contributed by atoms with Crippen molar-refractivity contribution in [2.75, 3.05) is 5.32 Å². The van der Waals surface area contributed by atoms with Gasteiger partial charge in [0.1, 0.15) is 5.82 Å². The van der Waals surface area contributed by atoms with E-state index in [9.17, 15) is 9.18 Å². The molecule has 0 saturated heterocycles. The molecule has 17 heavy (non-hydrogen) atoms. The van der Waals surface area contributed by atoms with Gasteiger partial charge in [0.05, 0.1) is 11.1 Å². The number of anilines is 1. The third kappa shape index (κ3) is 3.68. The van der Waals surface area contributed by atoms with E-state index in [-0.39, 0.29) is 16.3 Å². The summed E-state index contributed by atoms with van der Waals surface area (Å²) in [5.41, 5.74) is 5.88. The molecular formula is C12H16ClFN2O. The minimum absolute atomic E-state index is 0.0351. The molecule has 3 nitrogen and oxygen atoms in total. The van der Waals surface area contributed by atoms with E-state index in [1.165, 1.54) is 18.2 Å². The molecule has 1 aromatic carbocycles. The van der Waals surface area contributed by atoms with E-state index in [1.807, 2.05) is 20.8 Å². The maximum atomic E-state index is 12.9. The molecule has 0 saturated carbocycles. The topological polar surface area (TPSA) is 55.1 Å². The summed E-state index contributed by atoms with van der Waals surface area (Å²) >= 11 is 5.61. The number of rotatable bonds is 2. The number of amides is 1. The molecule has 0 aliphatic rings. The molecule has 1 rings (SSSR count). The molecule has 0 aliphatic carbocycles. The molecule has 5 heteroatoms. The van der Waals surface area contributed by atoms with E-state index >= 15 is 0 Å². The lowest BCUT2D eigenvalue weighted by atomic mass is 9.87. The predicted molar refractivity (Wildman–Crippen MR) is 67.5 cm³/mol. The van der Waals surface area contributed by atoms with Crippen LogP contribution in [-0.4, -0.2) is 11.9 Å². The van der Waals surface area contributed by atoms with Gasteiger partial charge in [0.2, 0.25) is 5.91 Å². The molecule has 1 aromatic rings. The van der Waals surface area contributed by atoms with Crippen LogP contribution in [0.3, 0.4) is 0 Å². The molecule has 0 aliphatic heterocycles. The average molecular weight is 259 g/mol. The van der Waals surface area contributed by atoms with Crippen LogP contribution in [0.2, 0.25) is 5.02 Å². The molecule has 0 unspecified atom stereocenters. The van der Waals surface area contributed by atoms with Crippen LogP contribution in [0.1, 0.15) is 20.8 Å². The van der Waals surface area contributed by atoms with Crippen molar-refractivity contribution in [2.24, 2.45) is 11.1 Å². The zero-order valence-corrected chi connectivity index (χ0v) is 10.8. The molecule has 0 radical (unpaired) electrons. The lowest BCUT2D eigenvalue weighted by molar-refractivity contribution is -0.119. The average Bonchev–Trinajstić information content (AvgIpc) is 2.21. The number of carbonyl (C=O) groups is 1. The maximum absolute atomic E-state index is 12.9. The Balaban J connectivity index is 2.78. The minimum atomic E-state index is -0.647. The van der Waals surface area contributed by atoms with Crippen LogP contribution in [0, 0.1) is 11.2 Å². The molecular weight excluding hydrogens is 243 g/mol. The third-order valence-electron chi connectivity index (χ3n) is 2.40. The van der Waals surface area contributed by atoms with E-state index in [4.69, 9.17) is 17.3 Å². The smallest absolute Gasteiger partial charge is 0.241 e. The second-order valence-electron chi connectivity index (χ2n) is 4.96. The van der Waals surface area contributed by atoms with Gasteiger partial charge in [-0.15, -0.1) is 0 Å². The highest BCUT2D eigenvalue weighted by Gasteiger charge is 2.27. The Morgan fingerprint density at radius 2 is 2.06 bits per heavy atom. The van der Waals surface area contributed by atoms with Crippen molar-refractivity contribution >= 4 is 23.2 Å². The van der Waals surface area contributed by atoms with Crippen LogP contribution in [0.15, 0.2) is 18.2 Å². The van der Waals surface area contributed by atoms with Gasteiger partial charge in [-0.05, 0) is 23.6 Å². The van der Waals surface area contributed by atoms with Crippen LogP contribution in [0.4, 0.5) is 10.1 Å². The van der Waals surface area contributed by atoms with Gasteiger partial charge in [-0.2, -0.15) is 0 Å². The molecule has 0 heterocycles. The van der Waals surface area contributed by atoms with Gasteiger partial charge in [-0.25, -0.2) is 4.39 Å². The number of nitrogens with two attached hydrogens (primary N) is 1. The summed E-state index contributed by atoms with van der Waals surface area (Å²) in [6, 6.07) is 3.34. The molecule has 0 bridgehead atoms. The van der Waals surface area contributed by atoms with Crippen LogP contribution in [-0.2, 0) is 4.79 Å². The van der Waals surface area contributed by atoms with Gasteiger partial charge in [0.15, 0.2) is 0 Å². The molecule has 0 fully saturated rings. The highest BCUT2D eigenvalue weighted by atomic mass is 35.5. The summed E-state index contributed by atoms with van der Waals surface area (Å²) < 4.78 is 12.9. The molecule has 1 atom stereocenters. The fraction of sp³-hybridized carbons (Fsp3) is 0.417. The maximum Gasteiger partial charge on any atom is 0.241 e. The van der Waals surface area contributed by atoms with Gasteiger partial charge in [0, 0.05) is 5.69 Å². The lowest BCUT2D eigenvalue weighted by Gasteiger charge is -2.25. The third-order valence-corrected chi connectivity index (χ3v) is 2.69. The van der Waals surface area contributed by atoms with Gasteiger partial charge in [0.25, 0.3) is 0 Å². The van der Waals surface area contributed by atoms with Crippen LogP contribution in [0.25, 0.3) is 0 Å². The predicted octanol–water partition coefficient (Wildman–Crippen LogP) is 2.79. The summed E-state index contributed by atoms with van der Waals surface area (Å²) in [5, 5.41) is 2.57. The summed E-state index contributed by atoms with van der Waals surface area (Å²) in [7, 11) is 0. The summed E-state index contributed by atoms with van der Waals surface area (Å²) in [6.45, 7) is 5.61. The zero-order valence-electron chi connectivity index (χ0n) is 10.1. The Morgan fingerprint density at radius 1 is 1.47 bits per heavy atom. The first-order valence-corrected chi connectivity index (χ1v) is 5.61. The Morgan fingerprint density at radius 3 is 2.53 bits per heavy atom. The number of benzene rings is 1. The Kier molecular flexibility index (Phi) is 4.11. The number of halogens is 2. The zero-order chi connectivity index (χ0) is 13.2. The molecule has 3 N–H and O–H groups in total. The Bertz CT molecular complexity index is 429. The Hall–Kier alpha value is -1.13. The summed E-state index contributed by atoms with van der Waals surface area (Å²) in [6.07, 6.45) is 0. The number of hydrogen-bond acceptors (Lipinski definition) is 2. The molecule has 94 valence electrons. The van der Waals surface area contributed by atoms with Crippen LogP contribution in [0.5, 0.6) is 0 Å². The number of carbonyl (C=O) groups excluding carboxylic acids is 1. The SMILES string of the molecule is CC(C)(C)[C@@H](N)C(=O)Nc1ccc(F)c(Cl)c1. The lowest BCUT2D eigenvalue weighted by Crippen LogP contribution is -2.45. The van der Waals surface area contributed by atoms with Crippen molar-refractivity contribution in [3.05, 3.63) is 29.0 Å². The standard InChI is InChI=1S/C12H16ClFN2O/c1-12(2,3)10(15)11(17)16-7-4-5-9(14)8(13)6-7/h4-6,10H,15H2,1-3H3,(H,16,17)/t10-/m0/s1. The van der Waals surface area contributed by atoms with E-state index in [1.54, 1.807) is 0 Å². The van der Waals surface area contributed by atoms with Crippen molar-refractivity contribution in [2.45, 2.75) is 26.8 Å². The van der Waals surface area contributed by atoms with Crippen molar-refractivity contribution in [1.82, 2.24) is 0 Å². The highest BCUT2D eigenvalue weighted by Crippen LogP contribution is 2.22. The number of nitrogens with one attached hydrogen (secondary N) is 1. The van der Waals surface area contributed by atoms with Gasteiger partial charge in [-0.1, -0.05) is 32.4 Å². The largest absolute Gasteiger partial charge is 0.325 e. The summed E-state index contributed by atoms with van der Waals surface area (Å²) in [5.74, 6) is -0.843. The first kappa shape index (κ1) is 13.9. The summed E-state index contributed by atoms with van der Waals surface area (Å²) in [4.78, 5) is 11.8. The van der Waals surface area contributed by atoms with Crippen LogP contribution >= 0.6 is 11.6 Å². The Labute approximate surface area is 105 Å². The highest BCUT2D eigenvalue weighted by molar-refractivity contribution is 6.31. The quantitative estimate of drug-likeness (QED) is 0.857. The van der Waals surface area contributed by atoms with Gasteiger partial charge in [-0.3, -0.25) is 4.79 Å². The monoisotopic (exact) mass is 258 g/mol. The van der Waals surface area contributed by atoms with Gasteiger partial charge < -0.3 is 11.1 Å². The van der Waals surface area contributed by atoms with Crippen molar-refractivity contribution < 1.29 is 9.18 Å².